The molecule has 2 atom stereocenters. The van der Waals surface area contributed by atoms with Crippen LogP contribution in [0.25, 0.3) is 17.0 Å². The molecule has 3 aromatic heterocycles. The maximum absolute atomic E-state index is 13.5. The van der Waals surface area contributed by atoms with Crippen molar-refractivity contribution in [3.63, 3.8) is 0 Å². The predicted molar refractivity (Wildman–Crippen MR) is 124 cm³/mol. The smallest absolute Gasteiger partial charge is 0.278 e. The first-order valence-corrected chi connectivity index (χ1v) is 11.2. The number of carbonyl (C=O) groups excluding carboxylic acids is 1. The Balaban J connectivity index is 1.37. The van der Waals surface area contributed by atoms with Crippen LogP contribution >= 0.6 is 0 Å². The zero-order valence-electron chi connectivity index (χ0n) is 18.2. The first-order valence-electron chi connectivity index (χ1n) is 11.2. The molecule has 0 saturated heterocycles. The number of aromatic nitrogens is 3. The minimum Gasteiger partial charge on any atom is -0.467 e. The molecule has 1 aliphatic carbocycles. The van der Waals surface area contributed by atoms with Crippen LogP contribution in [0.15, 0.2) is 85.4 Å². The van der Waals surface area contributed by atoms with Crippen molar-refractivity contribution < 1.29 is 13.6 Å². The number of rotatable bonds is 4. The largest absolute Gasteiger partial charge is 0.467 e. The van der Waals surface area contributed by atoms with Crippen molar-refractivity contribution in [1.82, 2.24) is 20.0 Å². The number of nitrogens with zero attached hydrogens (tertiary/aromatic N) is 5. The number of amides is 1. The molecule has 170 valence electrons. The first kappa shape index (κ1) is 20.3. The molecule has 1 saturated carbocycles. The number of benzene rings is 1. The molecule has 9 nitrogen and oxygen atoms in total. The van der Waals surface area contributed by atoms with E-state index >= 15 is 0 Å². The Morgan fingerprint density at radius 3 is 2.76 bits per heavy atom. The Morgan fingerprint density at radius 1 is 1.09 bits per heavy atom. The molecule has 6 rings (SSSR count). The van der Waals surface area contributed by atoms with Gasteiger partial charge in [0.2, 0.25) is 0 Å². The number of furan rings is 2. The number of fused-ring (bicyclic) bond motifs is 2. The first-order chi connectivity index (χ1) is 16.7. The summed E-state index contributed by atoms with van der Waals surface area (Å²) < 4.78 is 12.3. The van der Waals surface area contributed by atoms with Crippen LogP contribution in [0.2, 0.25) is 0 Å². The molecule has 0 bridgehead atoms. The van der Waals surface area contributed by atoms with E-state index in [4.69, 9.17) is 13.9 Å². The lowest BCUT2D eigenvalue weighted by molar-refractivity contribution is -0.135. The number of carbonyl (C=O) groups is 1. The average Bonchev–Trinajstić information content (AvgIpc) is 3.62. The second kappa shape index (κ2) is 8.26. The molecular weight excluding hydrogens is 434 g/mol. The van der Waals surface area contributed by atoms with Gasteiger partial charge in [0.25, 0.3) is 11.5 Å². The monoisotopic (exact) mass is 455 g/mol. The zero-order chi connectivity index (χ0) is 23.1. The van der Waals surface area contributed by atoms with E-state index in [0.29, 0.717) is 16.7 Å². The number of allylic oxidation sites excluding steroid dienone is 1. The third-order valence-corrected chi connectivity index (χ3v) is 6.37. The van der Waals surface area contributed by atoms with E-state index in [2.05, 4.69) is 10.3 Å². The summed E-state index contributed by atoms with van der Waals surface area (Å²) in [6.45, 7) is -0.269. The maximum Gasteiger partial charge on any atom is 0.278 e. The van der Waals surface area contributed by atoms with Crippen LogP contribution in [0, 0.1) is 5.92 Å². The van der Waals surface area contributed by atoms with E-state index < -0.39 is 0 Å². The minimum absolute atomic E-state index is 0.00975. The van der Waals surface area contributed by atoms with Gasteiger partial charge in [0.05, 0.1) is 23.6 Å². The number of hydrazone groups is 1. The topological polar surface area (TPSA) is 107 Å². The summed E-state index contributed by atoms with van der Waals surface area (Å²) in [6, 6.07) is 13.9. The van der Waals surface area contributed by atoms with Gasteiger partial charge in [-0.15, -0.1) is 5.10 Å². The minimum atomic E-state index is -0.387. The van der Waals surface area contributed by atoms with E-state index in [1.165, 1.54) is 5.01 Å². The third kappa shape index (κ3) is 3.45. The van der Waals surface area contributed by atoms with E-state index in [1.54, 1.807) is 42.9 Å². The van der Waals surface area contributed by atoms with Gasteiger partial charge in [0, 0.05) is 5.92 Å². The normalized spacial score (nSPS) is 21.1. The van der Waals surface area contributed by atoms with Crippen molar-refractivity contribution in [3.05, 3.63) is 88.5 Å². The van der Waals surface area contributed by atoms with Crippen LogP contribution in [0.5, 0.6) is 0 Å². The van der Waals surface area contributed by atoms with Crippen LogP contribution < -0.4 is 5.56 Å². The molecule has 0 N–H and O–H groups in total. The molecule has 1 amide bonds. The zero-order valence-corrected chi connectivity index (χ0v) is 18.2. The van der Waals surface area contributed by atoms with E-state index in [0.717, 1.165) is 41.0 Å². The van der Waals surface area contributed by atoms with Gasteiger partial charge in [0.1, 0.15) is 29.6 Å². The van der Waals surface area contributed by atoms with Gasteiger partial charge in [-0.2, -0.15) is 5.10 Å². The molecule has 2 aliphatic rings. The average molecular weight is 455 g/mol. The van der Waals surface area contributed by atoms with Crippen molar-refractivity contribution >= 4 is 28.6 Å². The van der Waals surface area contributed by atoms with Gasteiger partial charge in [-0.25, -0.2) is 9.69 Å². The standard InChI is InChI=1S/C25H21N5O4/c31-22(15-29-25(32)18-8-1-2-10-20(18)26-28-29)30-24(21-11-5-13-34-21)19-9-3-6-16(23(19)27-30)14-17-7-4-12-33-17/h1-2,4-5,7-8,10-14,19,24H,3,6,9,15H2/b16-14-. The molecule has 1 aromatic carbocycles. The summed E-state index contributed by atoms with van der Waals surface area (Å²) in [7, 11) is 0. The van der Waals surface area contributed by atoms with Gasteiger partial charge in [-0.1, -0.05) is 17.3 Å². The highest BCUT2D eigenvalue weighted by Gasteiger charge is 2.45. The van der Waals surface area contributed by atoms with E-state index in [1.807, 2.05) is 24.3 Å². The molecule has 1 aliphatic heterocycles. The van der Waals surface area contributed by atoms with Gasteiger partial charge in [-0.05, 0) is 67.3 Å². The van der Waals surface area contributed by atoms with Crippen molar-refractivity contribution in [1.29, 1.82) is 0 Å². The van der Waals surface area contributed by atoms with Crippen molar-refractivity contribution in [2.75, 3.05) is 0 Å². The van der Waals surface area contributed by atoms with E-state index in [-0.39, 0.29) is 30.0 Å². The lowest BCUT2D eigenvalue weighted by atomic mass is 9.79. The second-order valence-corrected chi connectivity index (χ2v) is 8.44. The number of hydrogen-bond acceptors (Lipinski definition) is 7. The van der Waals surface area contributed by atoms with Crippen LogP contribution in [-0.4, -0.2) is 31.6 Å². The fraction of sp³-hybridized carbons (Fsp3) is 0.240. The lowest BCUT2D eigenvalue weighted by Crippen LogP contribution is -2.37. The van der Waals surface area contributed by atoms with Gasteiger partial charge >= 0.3 is 0 Å². The molecule has 0 spiro atoms. The van der Waals surface area contributed by atoms with Crippen LogP contribution in [0.1, 0.15) is 36.8 Å². The molecule has 9 heteroatoms. The molecule has 4 aromatic rings. The second-order valence-electron chi connectivity index (χ2n) is 8.44. The summed E-state index contributed by atoms with van der Waals surface area (Å²) >= 11 is 0. The molecule has 0 radical (unpaired) electrons. The predicted octanol–water partition coefficient (Wildman–Crippen LogP) is 3.80. The van der Waals surface area contributed by atoms with Gasteiger partial charge in [0.15, 0.2) is 0 Å². The Kier molecular flexibility index (Phi) is 4.94. The van der Waals surface area contributed by atoms with Crippen LogP contribution in [-0.2, 0) is 11.3 Å². The molecule has 1 fully saturated rings. The highest BCUT2D eigenvalue weighted by Crippen LogP contribution is 2.44. The maximum atomic E-state index is 13.5. The van der Waals surface area contributed by atoms with E-state index in [9.17, 15) is 9.59 Å². The Labute approximate surface area is 194 Å². The van der Waals surface area contributed by atoms with Crippen molar-refractivity contribution in [2.45, 2.75) is 31.8 Å². The highest BCUT2D eigenvalue weighted by atomic mass is 16.3. The Morgan fingerprint density at radius 2 is 1.94 bits per heavy atom. The highest BCUT2D eigenvalue weighted by molar-refractivity contribution is 6.07. The fourth-order valence-electron chi connectivity index (χ4n) is 4.82. The Bertz CT molecular complexity index is 1470. The summed E-state index contributed by atoms with van der Waals surface area (Å²) in [5.74, 6) is 1.04. The molecule has 4 heterocycles. The third-order valence-electron chi connectivity index (χ3n) is 6.37. The summed E-state index contributed by atoms with van der Waals surface area (Å²) in [4.78, 5) is 26.4. The lowest BCUT2D eigenvalue weighted by Gasteiger charge is -2.27. The SMILES string of the molecule is O=C(Cn1nnc2ccccc2c1=O)N1N=C2/C(=C\c3ccco3)CCCC2C1c1ccco1. The van der Waals surface area contributed by atoms with Crippen LogP contribution in [0.4, 0.5) is 0 Å². The molecular formula is C25H21N5O4. The molecule has 2 unspecified atom stereocenters. The van der Waals surface area contributed by atoms with Crippen molar-refractivity contribution in [3.8, 4) is 0 Å². The number of hydrogen-bond donors (Lipinski definition) is 0. The van der Waals surface area contributed by atoms with Crippen molar-refractivity contribution in [2.24, 2.45) is 11.0 Å². The van der Waals surface area contributed by atoms with Gasteiger partial charge < -0.3 is 8.83 Å². The van der Waals surface area contributed by atoms with Crippen LogP contribution in [0.3, 0.4) is 0 Å². The summed E-state index contributed by atoms with van der Waals surface area (Å²) in [6.07, 6.45) is 7.89. The summed E-state index contributed by atoms with van der Waals surface area (Å²) in [5.41, 5.74) is 2.02. The molecule has 34 heavy (non-hydrogen) atoms. The van der Waals surface area contributed by atoms with Gasteiger partial charge in [-0.3, -0.25) is 9.59 Å². The fourth-order valence-corrected chi connectivity index (χ4v) is 4.82. The Hall–Kier alpha value is -4.27. The quantitative estimate of drug-likeness (QED) is 0.463. The summed E-state index contributed by atoms with van der Waals surface area (Å²) in [5, 5.41) is 14.7.